The van der Waals surface area contributed by atoms with E-state index >= 15 is 0 Å². The highest BCUT2D eigenvalue weighted by Gasteiger charge is 2.13. The van der Waals surface area contributed by atoms with E-state index in [1.165, 1.54) is 0 Å². The Morgan fingerprint density at radius 3 is 2.73 bits per heavy atom. The average Bonchev–Trinajstić information content (AvgIpc) is 3.25. The molecule has 0 spiro atoms. The van der Waals surface area contributed by atoms with Gasteiger partial charge in [0.15, 0.2) is 5.69 Å². The van der Waals surface area contributed by atoms with E-state index in [9.17, 15) is 9.90 Å². The van der Waals surface area contributed by atoms with Crippen LogP contribution in [0.2, 0.25) is 0 Å². The number of azo groups is 1. The highest BCUT2D eigenvalue weighted by Crippen LogP contribution is 2.36. The molecule has 0 radical (unpaired) electrons. The van der Waals surface area contributed by atoms with Gasteiger partial charge in [-0.15, -0.1) is 10.2 Å². The topological polar surface area (TPSA) is 106 Å². The molecule has 0 aliphatic heterocycles. The number of hydrogen-bond acceptors (Lipinski definition) is 4. The molecule has 2 aromatic heterocycles. The maximum atomic E-state index is 12.3. The van der Waals surface area contributed by atoms with Crippen molar-refractivity contribution in [3.8, 4) is 17.1 Å². The van der Waals surface area contributed by atoms with Crippen LogP contribution in [0.4, 0.5) is 5.69 Å². The van der Waals surface area contributed by atoms with Crippen LogP contribution in [0, 0.1) is 0 Å². The lowest BCUT2D eigenvalue weighted by Gasteiger charge is -1.93. The molecule has 0 saturated heterocycles. The first-order valence-corrected chi connectivity index (χ1v) is 8.48. The second-order valence-corrected chi connectivity index (χ2v) is 6.47. The van der Waals surface area contributed by atoms with Gasteiger partial charge in [0.25, 0.3) is 0 Å². The molecule has 128 valence electrons. The van der Waals surface area contributed by atoms with Crippen molar-refractivity contribution in [2.24, 2.45) is 10.2 Å². The predicted octanol–water partition coefficient (Wildman–Crippen LogP) is 4.95. The van der Waals surface area contributed by atoms with Crippen LogP contribution in [0.25, 0.3) is 22.2 Å². The van der Waals surface area contributed by atoms with Gasteiger partial charge in [-0.2, -0.15) is 5.10 Å². The lowest BCUT2D eigenvalue weighted by Crippen LogP contribution is -1.93. The fourth-order valence-electron chi connectivity index (χ4n) is 2.57. The molecule has 7 nitrogen and oxygen atoms in total. The number of nitrogens with one attached hydrogen (secondary N) is 2. The lowest BCUT2D eigenvalue weighted by atomic mass is 10.1. The van der Waals surface area contributed by atoms with E-state index in [1.54, 1.807) is 18.2 Å². The monoisotopic (exact) mass is 409 g/mol. The van der Waals surface area contributed by atoms with E-state index in [2.05, 4.69) is 41.3 Å². The first-order chi connectivity index (χ1) is 12.6. The van der Waals surface area contributed by atoms with Crippen LogP contribution in [0.15, 0.2) is 69.3 Å². The second kappa shape index (κ2) is 6.57. The molecule has 8 heteroatoms. The Balaban J connectivity index is 1.62. The van der Waals surface area contributed by atoms with E-state index in [0.717, 1.165) is 10.0 Å². The number of H-pyrrole nitrogens is 2. The molecule has 2 heterocycles. The van der Waals surface area contributed by atoms with Crippen molar-refractivity contribution in [3.05, 3.63) is 64.8 Å². The number of carbonyl (C=O) groups is 1. The largest absolute Gasteiger partial charge is 0.493 e. The molecule has 4 aromatic rings. The number of aromatic amines is 2. The standard InChI is InChI=1S/C18H12BrN5O2/c19-11-6-7-13-12(8-11)16(18(26)20-13)23-24-17(25)15-9-14(21-22-15)10-4-2-1-3-5-10/h1-9,20,26H,(H,21,22). The van der Waals surface area contributed by atoms with Gasteiger partial charge in [0.1, 0.15) is 5.69 Å². The van der Waals surface area contributed by atoms with E-state index in [0.29, 0.717) is 16.6 Å². The minimum absolute atomic E-state index is 0.149. The summed E-state index contributed by atoms with van der Waals surface area (Å²) in [6, 6.07) is 16.5. The molecule has 0 saturated carbocycles. The summed E-state index contributed by atoms with van der Waals surface area (Å²) in [7, 11) is 0. The maximum absolute atomic E-state index is 12.3. The van der Waals surface area contributed by atoms with Crippen molar-refractivity contribution in [1.29, 1.82) is 0 Å². The van der Waals surface area contributed by atoms with E-state index in [1.807, 2.05) is 36.4 Å². The SMILES string of the molecule is O=C(N=Nc1c(O)[nH]c2ccc(Br)cc12)c1cc(-c2ccccc2)n[nH]1. The predicted molar refractivity (Wildman–Crippen MR) is 101 cm³/mol. The molecule has 0 bridgehead atoms. The van der Waals surface area contributed by atoms with Gasteiger partial charge in [0.2, 0.25) is 5.88 Å². The minimum Gasteiger partial charge on any atom is -0.493 e. The molecule has 3 N–H and O–H groups in total. The molecule has 4 rings (SSSR count). The molecular formula is C18H12BrN5O2. The van der Waals surface area contributed by atoms with Gasteiger partial charge in [-0.3, -0.25) is 9.89 Å². The third kappa shape index (κ3) is 3.02. The summed E-state index contributed by atoms with van der Waals surface area (Å²) < 4.78 is 0.827. The summed E-state index contributed by atoms with van der Waals surface area (Å²) in [4.78, 5) is 15.1. The molecular weight excluding hydrogens is 398 g/mol. The van der Waals surface area contributed by atoms with Crippen molar-refractivity contribution in [1.82, 2.24) is 15.2 Å². The van der Waals surface area contributed by atoms with Crippen LogP contribution in [0.1, 0.15) is 10.5 Å². The summed E-state index contributed by atoms with van der Waals surface area (Å²) in [5.74, 6) is -0.729. The Hall–Kier alpha value is -3.26. The number of halogens is 1. The van der Waals surface area contributed by atoms with Crippen LogP contribution in [-0.2, 0) is 0 Å². The highest BCUT2D eigenvalue weighted by molar-refractivity contribution is 9.10. The summed E-state index contributed by atoms with van der Waals surface area (Å²) >= 11 is 3.37. The molecule has 26 heavy (non-hydrogen) atoms. The van der Waals surface area contributed by atoms with Gasteiger partial charge in [-0.05, 0) is 24.3 Å². The van der Waals surface area contributed by atoms with E-state index < -0.39 is 5.91 Å². The Bertz CT molecular complexity index is 1130. The number of nitrogens with zero attached hydrogens (tertiary/aromatic N) is 3. The van der Waals surface area contributed by atoms with Gasteiger partial charge in [-0.1, -0.05) is 46.3 Å². The quantitative estimate of drug-likeness (QED) is 0.416. The van der Waals surface area contributed by atoms with Crippen LogP contribution in [0.5, 0.6) is 5.88 Å². The Morgan fingerprint density at radius 1 is 1.12 bits per heavy atom. The maximum Gasteiger partial charge on any atom is 0.313 e. The fourth-order valence-corrected chi connectivity index (χ4v) is 2.94. The Kier molecular flexibility index (Phi) is 4.10. The Morgan fingerprint density at radius 2 is 1.92 bits per heavy atom. The third-order valence-electron chi connectivity index (χ3n) is 3.83. The van der Waals surface area contributed by atoms with Gasteiger partial charge in [0, 0.05) is 15.4 Å². The third-order valence-corrected chi connectivity index (χ3v) is 4.33. The van der Waals surface area contributed by atoms with Crippen molar-refractivity contribution >= 4 is 38.4 Å². The number of fused-ring (bicyclic) bond motifs is 1. The molecule has 2 aromatic carbocycles. The van der Waals surface area contributed by atoms with Gasteiger partial charge in [0.05, 0.1) is 11.2 Å². The van der Waals surface area contributed by atoms with Crippen LogP contribution in [-0.4, -0.2) is 26.2 Å². The normalized spacial score (nSPS) is 11.4. The average molecular weight is 410 g/mol. The zero-order valence-electron chi connectivity index (χ0n) is 13.3. The Labute approximate surface area is 155 Å². The van der Waals surface area contributed by atoms with Crippen molar-refractivity contribution in [2.75, 3.05) is 0 Å². The molecule has 0 fully saturated rings. The molecule has 0 atom stereocenters. The second-order valence-electron chi connectivity index (χ2n) is 5.55. The van der Waals surface area contributed by atoms with Crippen LogP contribution in [0.3, 0.4) is 0 Å². The zero-order chi connectivity index (χ0) is 18.1. The summed E-state index contributed by atoms with van der Waals surface area (Å²) in [6.07, 6.45) is 0. The first kappa shape index (κ1) is 16.2. The summed E-state index contributed by atoms with van der Waals surface area (Å²) in [6.45, 7) is 0. The van der Waals surface area contributed by atoms with Gasteiger partial charge < -0.3 is 10.1 Å². The van der Waals surface area contributed by atoms with Gasteiger partial charge in [-0.25, -0.2) is 0 Å². The smallest absolute Gasteiger partial charge is 0.313 e. The number of carbonyl (C=O) groups excluding carboxylic acids is 1. The van der Waals surface area contributed by atoms with Crippen LogP contribution >= 0.6 is 15.9 Å². The molecule has 0 aliphatic carbocycles. The fraction of sp³-hybridized carbons (Fsp3) is 0. The van der Waals surface area contributed by atoms with Crippen molar-refractivity contribution in [2.45, 2.75) is 0 Å². The number of rotatable bonds is 3. The number of benzene rings is 2. The van der Waals surface area contributed by atoms with Crippen LogP contribution < -0.4 is 0 Å². The molecule has 0 unspecified atom stereocenters. The first-order valence-electron chi connectivity index (χ1n) is 7.69. The lowest BCUT2D eigenvalue weighted by molar-refractivity contribution is 0.0990. The summed E-state index contributed by atoms with van der Waals surface area (Å²) in [5.41, 5.74) is 2.65. The van der Waals surface area contributed by atoms with E-state index in [4.69, 9.17) is 0 Å². The molecule has 0 aliphatic rings. The highest BCUT2D eigenvalue weighted by atomic mass is 79.9. The van der Waals surface area contributed by atoms with Gasteiger partial charge >= 0.3 is 5.91 Å². The zero-order valence-corrected chi connectivity index (χ0v) is 14.9. The summed E-state index contributed by atoms with van der Waals surface area (Å²) in [5, 5.41) is 25.1. The minimum atomic E-state index is -0.580. The number of amides is 1. The number of aromatic nitrogens is 3. The van der Waals surface area contributed by atoms with Crippen molar-refractivity contribution < 1.29 is 9.90 Å². The molecule has 1 amide bonds. The number of aromatic hydroxyl groups is 1. The van der Waals surface area contributed by atoms with Crippen molar-refractivity contribution in [3.63, 3.8) is 0 Å². The van der Waals surface area contributed by atoms with E-state index in [-0.39, 0.29) is 17.3 Å². The number of hydrogen-bond donors (Lipinski definition) is 3.